The first-order valence-electron chi connectivity index (χ1n) is 14.3. The van der Waals surface area contributed by atoms with Crippen molar-refractivity contribution in [1.82, 2.24) is 15.3 Å². The number of aliphatic carboxylic acids is 1. The number of fused-ring (bicyclic) bond motifs is 2. The number of nitrogens with one attached hydrogen (secondary N) is 4. The summed E-state index contributed by atoms with van der Waals surface area (Å²) in [6.07, 6.45) is 3.83. The van der Waals surface area contributed by atoms with Crippen LogP contribution in [0.3, 0.4) is 0 Å². The lowest BCUT2D eigenvalue weighted by Crippen LogP contribution is -2.43. The highest BCUT2D eigenvalue weighted by atomic mass is 16.5. The largest absolute Gasteiger partial charge is 0.491 e. The minimum Gasteiger partial charge on any atom is -0.491 e. The van der Waals surface area contributed by atoms with E-state index >= 15 is 0 Å². The van der Waals surface area contributed by atoms with Gasteiger partial charge in [0.05, 0.1) is 31.9 Å². The number of benzene rings is 3. The van der Waals surface area contributed by atoms with E-state index < -0.39 is 42.3 Å². The number of hydrogen-bond donors (Lipinski definition) is 6. The molecule has 5 aromatic rings. The van der Waals surface area contributed by atoms with Crippen LogP contribution in [-0.4, -0.2) is 64.6 Å². The van der Waals surface area contributed by atoms with E-state index in [1.54, 1.807) is 6.20 Å². The van der Waals surface area contributed by atoms with E-state index in [1.807, 2.05) is 54.7 Å². The Balaban J connectivity index is 1.36. The summed E-state index contributed by atoms with van der Waals surface area (Å²) in [5.41, 5.74) is 9.86. The smallest absolute Gasteiger partial charge is 0.328 e. The zero-order chi connectivity index (χ0) is 31.9. The number of carboxylic acid groups (broad SMARTS) is 1. The number of carbonyl (C=O) groups excluding carboxylic acids is 3. The Labute approximate surface area is 257 Å². The second kappa shape index (κ2) is 13.8. The quantitative estimate of drug-likeness (QED) is 0.109. The molecule has 0 fully saturated rings. The number of aromatic nitrogens is 2. The molecule has 7 N–H and O–H groups in total. The molecule has 0 aliphatic heterocycles. The summed E-state index contributed by atoms with van der Waals surface area (Å²) < 4.78 is 11.0. The lowest BCUT2D eigenvalue weighted by atomic mass is 10.0. The lowest BCUT2D eigenvalue weighted by Gasteiger charge is -2.18. The van der Waals surface area contributed by atoms with Gasteiger partial charge in [0.2, 0.25) is 5.91 Å². The number of ether oxygens (including phenoxy) is 2. The van der Waals surface area contributed by atoms with Crippen LogP contribution in [-0.2, 0) is 32.0 Å². The maximum Gasteiger partial charge on any atom is 0.328 e. The molecule has 2 heterocycles. The van der Waals surface area contributed by atoms with Gasteiger partial charge in [0.25, 0.3) is 5.91 Å². The van der Waals surface area contributed by atoms with E-state index in [4.69, 9.17) is 20.3 Å². The van der Waals surface area contributed by atoms with E-state index in [9.17, 15) is 19.2 Å². The molecule has 0 aliphatic carbocycles. The Hall–Kier alpha value is -5.62. The minimum atomic E-state index is -1.30. The van der Waals surface area contributed by atoms with Crippen LogP contribution in [0.1, 0.15) is 27.9 Å². The fourth-order valence-electron chi connectivity index (χ4n) is 5.10. The maximum absolute atomic E-state index is 13.4. The number of amides is 2. The molecule has 5 rings (SSSR count). The van der Waals surface area contributed by atoms with Crippen molar-refractivity contribution in [2.75, 3.05) is 19.0 Å². The van der Waals surface area contributed by atoms with Gasteiger partial charge in [-0.1, -0.05) is 36.4 Å². The van der Waals surface area contributed by atoms with Crippen LogP contribution < -0.4 is 21.1 Å². The topological polar surface area (TPSA) is 189 Å². The molecule has 3 aromatic carbocycles. The van der Waals surface area contributed by atoms with Gasteiger partial charge in [-0.25, -0.2) is 4.79 Å². The minimum absolute atomic E-state index is 0.165. The van der Waals surface area contributed by atoms with Gasteiger partial charge in [0.15, 0.2) is 0 Å². The van der Waals surface area contributed by atoms with Crippen molar-refractivity contribution in [3.63, 3.8) is 0 Å². The van der Waals surface area contributed by atoms with Gasteiger partial charge in [-0.05, 0) is 41.5 Å². The Kier molecular flexibility index (Phi) is 9.44. The summed E-state index contributed by atoms with van der Waals surface area (Å²) in [6.45, 7) is 0.197. The average molecular weight is 612 g/mol. The lowest BCUT2D eigenvalue weighted by molar-refractivity contribution is -0.143. The molecule has 0 unspecified atom stereocenters. The number of H-pyrrole nitrogens is 2. The molecule has 0 saturated carbocycles. The van der Waals surface area contributed by atoms with E-state index in [2.05, 4.69) is 20.6 Å². The van der Waals surface area contributed by atoms with Crippen LogP contribution >= 0.6 is 0 Å². The Bertz CT molecular complexity index is 1860. The summed E-state index contributed by atoms with van der Waals surface area (Å²) in [5.74, 6) is -2.94. The molecule has 2 aromatic heterocycles. The summed E-state index contributed by atoms with van der Waals surface area (Å²) in [4.78, 5) is 56.2. The number of anilines is 1. The summed E-state index contributed by atoms with van der Waals surface area (Å²) in [7, 11) is 1.25. The number of carboxylic acids is 1. The number of hydrogen-bond acceptors (Lipinski definition) is 7. The molecule has 2 atom stereocenters. The van der Waals surface area contributed by atoms with Gasteiger partial charge < -0.3 is 40.9 Å². The number of nitrogens with two attached hydrogens (primary N) is 1. The van der Waals surface area contributed by atoms with Crippen LogP contribution in [0, 0.1) is 0 Å². The van der Waals surface area contributed by atoms with Crippen molar-refractivity contribution in [3.05, 3.63) is 95.8 Å². The first-order valence-corrected chi connectivity index (χ1v) is 14.3. The van der Waals surface area contributed by atoms with Crippen molar-refractivity contribution in [2.24, 2.45) is 5.73 Å². The molecular formula is C33H33N5O7. The standard InChI is InChI=1S/C33H33N5O7/c1-44-33(43)28(14-21-18-36-26-9-5-3-7-23(21)26)38-31(41)19-10-11-27(37-32(42)24(34)16-30(39)40)29(15-19)45-13-12-20-17-35-25-8-4-2-6-22(20)25/h2-11,15,17-18,24,28,35-36H,12-14,16,34H2,1H3,(H,37,42)(H,38,41)(H,39,40)/t24-,28-/m0/s1. The number of esters is 1. The zero-order valence-electron chi connectivity index (χ0n) is 24.5. The molecule has 12 heteroatoms. The van der Waals surface area contributed by atoms with Crippen LogP contribution in [0.2, 0.25) is 0 Å². The first-order chi connectivity index (χ1) is 21.7. The third-order valence-corrected chi connectivity index (χ3v) is 7.43. The molecule has 0 saturated heterocycles. The average Bonchev–Trinajstić information content (AvgIpc) is 3.64. The molecule has 0 radical (unpaired) electrons. The second-order valence-corrected chi connectivity index (χ2v) is 10.5. The van der Waals surface area contributed by atoms with E-state index in [1.165, 1.54) is 25.3 Å². The van der Waals surface area contributed by atoms with Crippen molar-refractivity contribution < 1.29 is 33.8 Å². The first kappa shape index (κ1) is 30.8. The van der Waals surface area contributed by atoms with Gasteiger partial charge >= 0.3 is 11.9 Å². The van der Waals surface area contributed by atoms with Crippen molar-refractivity contribution in [1.29, 1.82) is 0 Å². The van der Waals surface area contributed by atoms with E-state index in [-0.39, 0.29) is 30.0 Å². The molecule has 0 bridgehead atoms. The van der Waals surface area contributed by atoms with Crippen LogP contribution in [0.4, 0.5) is 5.69 Å². The summed E-state index contributed by atoms with van der Waals surface area (Å²) in [5, 5.41) is 16.4. The summed E-state index contributed by atoms with van der Waals surface area (Å²) >= 11 is 0. The van der Waals surface area contributed by atoms with Gasteiger partial charge in [0, 0.05) is 52.6 Å². The van der Waals surface area contributed by atoms with Crippen LogP contribution in [0.15, 0.2) is 79.1 Å². The second-order valence-electron chi connectivity index (χ2n) is 10.5. The molecule has 2 amide bonds. The van der Waals surface area contributed by atoms with Crippen molar-refractivity contribution in [2.45, 2.75) is 31.3 Å². The maximum atomic E-state index is 13.4. The van der Waals surface area contributed by atoms with Crippen LogP contribution in [0.25, 0.3) is 21.8 Å². The fourth-order valence-corrected chi connectivity index (χ4v) is 5.10. The molecular weight excluding hydrogens is 578 g/mol. The molecule has 232 valence electrons. The predicted octanol–water partition coefficient (Wildman–Crippen LogP) is 3.53. The number of carbonyl (C=O) groups is 4. The highest BCUT2D eigenvalue weighted by Gasteiger charge is 2.25. The fraction of sp³-hybridized carbons (Fsp3) is 0.212. The van der Waals surface area contributed by atoms with E-state index in [0.717, 1.165) is 32.9 Å². The molecule has 45 heavy (non-hydrogen) atoms. The third kappa shape index (κ3) is 7.31. The number of methoxy groups -OCH3 is 1. The highest BCUT2D eigenvalue weighted by molar-refractivity contribution is 6.00. The molecule has 0 spiro atoms. The summed E-state index contributed by atoms with van der Waals surface area (Å²) in [6, 6.07) is 17.6. The van der Waals surface area contributed by atoms with Gasteiger partial charge in [-0.3, -0.25) is 14.4 Å². The number of aromatic amines is 2. The van der Waals surface area contributed by atoms with Gasteiger partial charge in [-0.2, -0.15) is 0 Å². The molecule has 0 aliphatic rings. The predicted molar refractivity (Wildman–Crippen MR) is 168 cm³/mol. The van der Waals surface area contributed by atoms with E-state index in [0.29, 0.717) is 6.42 Å². The Morgan fingerprint density at radius 1 is 0.911 bits per heavy atom. The number of rotatable bonds is 13. The SMILES string of the molecule is COC(=O)[C@H](Cc1c[nH]c2ccccc12)NC(=O)c1ccc(NC(=O)[C@@H](N)CC(=O)O)c(OCCc2c[nH]c3ccccc23)c1. The van der Waals surface area contributed by atoms with Gasteiger partial charge in [-0.15, -0.1) is 0 Å². The zero-order valence-corrected chi connectivity index (χ0v) is 24.5. The Morgan fingerprint density at radius 3 is 2.22 bits per heavy atom. The van der Waals surface area contributed by atoms with Crippen molar-refractivity contribution >= 4 is 51.2 Å². The Morgan fingerprint density at radius 2 is 1.56 bits per heavy atom. The van der Waals surface area contributed by atoms with Gasteiger partial charge in [0.1, 0.15) is 11.8 Å². The van der Waals surface area contributed by atoms with Crippen LogP contribution in [0.5, 0.6) is 5.75 Å². The highest BCUT2D eigenvalue weighted by Crippen LogP contribution is 2.28. The number of para-hydroxylation sites is 2. The normalized spacial score (nSPS) is 12.4. The molecule has 12 nitrogen and oxygen atoms in total. The monoisotopic (exact) mass is 611 g/mol. The third-order valence-electron chi connectivity index (χ3n) is 7.43. The van der Waals surface area contributed by atoms with Crippen molar-refractivity contribution in [3.8, 4) is 5.75 Å².